The highest BCUT2D eigenvalue weighted by atomic mass is 35.5. The highest BCUT2D eigenvalue weighted by Crippen LogP contribution is 2.25. The lowest BCUT2D eigenvalue weighted by atomic mass is 10.0. The Kier molecular flexibility index (Phi) is 5.18. The van der Waals surface area contributed by atoms with Crippen molar-refractivity contribution in [3.05, 3.63) is 53.1 Å². The molecule has 2 aromatic rings. The summed E-state index contributed by atoms with van der Waals surface area (Å²) < 4.78 is 13.8. The molecule has 120 valence electrons. The molecule has 23 heavy (non-hydrogen) atoms. The van der Waals surface area contributed by atoms with E-state index in [1.807, 2.05) is 36.0 Å². The lowest BCUT2D eigenvalue weighted by Gasteiger charge is -2.11. The zero-order chi connectivity index (χ0) is 16.2. The molecule has 1 aliphatic rings. The second-order valence-electron chi connectivity index (χ2n) is 5.51. The summed E-state index contributed by atoms with van der Waals surface area (Å²) in [7, 11) is 0. The number of benzene rings is 1. The molecule has 2 heterocycles. The third kappa shape index (κ3) is 4.24. The van der Waals surface area contributed by atoms with Crippen LogP contribution in [0.3, 0.4) is 0 Å². The van der Waals surface area contributed by atoms with Crippen molar-refractivity contribution in [2.45, 2.75) is 18.9 Å². The Hall–Kier alpha value is -1.59. The van der Waals surface area contributed by atoms with E-state index in [2.05, 4.69) is 9.98 Å². The van der Waals surface area contributed by atoms with Gasteiger partial charge in [0.1, 0.15) is 5.84 Å². The molecule has 1 aliphatic heterocycles. The smallest absolute Gasteiger partial charge is 0.220 e. The number of rotatable bonds is 3. The highest BCUT2D eigenvalue weighted by molar-refractivity contribution is 7.99. The minimum atomic E-state index is -0.514. The fourth-order valence-electron chi connectivity index (χ4n) is 2.60. The SMILES string of the molecule is NC1=N[C@@H](Cc2ccc(-c3cc(Cl)cnc3F)cc2)CCSC1. The topological polar surface area (TPSA) is 51.3 Å². The Bertz CT molecular complexity index is 718. The number of aliphatic imine (C=N–C) groups is 1. The Balaban J connectivity index is 1.77. The molecule has 1 aromatic carbocycles. The largest absolute Gasteiger partial charge is 0.387 e. The van der Waals surface area contributed by atoms with Gasteiger partial charge in [-0.05, 0) is 35.8 Å². The molecule has 6 heteroatoms. The van der Waals surface area contributed by atoms with Crippen LogP contribution in [0.4, 0.5) is 4.39 Å². The maximum atomic E-state index is 13.8. The predicted molar refractivity (Wildman–Crippen MR) is 95.7 cm³/mol. The van der Waals surface area contributed by atoms with Gasteiger partial charge in [-0.2, -0.15) is 16.2 Å². The number of hydrogen-bond donors (Lipinski definition) is 1. The first-order chi connectivity index (χ1) is 11.1. The predicted octanol–water partition coefficient (Wildman–Crippen LogP) is 3.95. The first-order valence-corrected chi connectivity index (χ1v) is 8.95. The number of amidine groups is 1. The van der Waals surface area contributed by atoms with Gasteiger partial charge in [0.25, 0.3) is 0 Å². The number of nitrogens with zero attached hydrogens (tertiary/aromatic N) is 2. The molecule has 0 spiro atoms. The van der Waals surface area contributed by atoms with Crippen molar-refractivity contribution in [3.63, 3.8) is 0 Å². The van der Waals surface area contributed by atoms with Gasteiger partial charge >= 0.3 is 0 Å². The third-order valence-electron chi connectivity index (χ3n) is 3.74. The van der Waals surface area contributed by atoms with Gasteiger partial charge in [-0.25, -0.2) is 4.98 Å². The van der Waals surface area contributed by atoms with Crippen molar-refractivity contribution < 1.29 is 4.39 Å². The van der Waals surface area contributed by atoms with Crippen molar-refractivity contribution in [2.75, 3.05) is 11.5 Å². The highest BCUT2D eigenvalue weighted by Gasteiger charge is 2.13. The second kappa shape index (κ2) is 7.32. The standard InChI is InChI=1S/C17H17ClFN3S/c18-13-8-15(17(19)21-9-13)12-3-1-11(2-4-12)7-14-5-6-23-10-16(20)22-14/h1-4,8-9,14H,5-7,10H2,(H2,20,22)/t14-/m1/s1. The fraction of sp³-hybridized carbons (Fsp3) is 0.294. The molecule has 0 saturated carbocycles. The van der Waals surface area contributed by atoms with Crippen LogP contribution in [0.25, 0.3) is 11.1 Å². The van der Waals surface area contributed by atoms with Crippen LogP contribution in [0.5, 0.6) is 0 Å². The Morgan fingerprint density at radius 1 is 1.30 bits per heavy atom. The van der Waals surface area contributed by atoms with Crippen LogP contribution in [0, 0.1) is 5.95 Å². The molecule has 0 radical (unpaired) electrons. The van der Waals surface area contributed by atoms with Gasteiger partial charge in [0.2, 0.25) is 5.95 Å². The first kappa shape index (κ1) is 16.3. The molecule has 0 unspecified atom stereocenters. The van der Waals surface area contributed by atoms with E-state index in [9.17, 15) is 4.39 Å². The van der Waals surface area contributed by atoms with Crippen molar-refractivity contribution in [3.8, 4) is 11.1 Å². The van der Waals surface area contributed by atoms with Crippen LogP contribution in [0.15, 0.2) is 41.5 Å². The number of thioether (sulfide) groups is 1. The van der Waals surface area contributed by atoms with E-state index in [-0.39, 0.29) is 6.04 Å². The summed E-state index contributed by atoms with van der Waals surface area (Å²) in [4.78, 5) is 8.22. The monoisotopic (exact) mass is 349 g/mol. The summed E-state index contributed by atoms with van der Waals surface area (Å²) in [5, 5.41) is 0.422. The normalized spacial score (nSPS) is 18.3. The lowest BCUT2D eigenvalue weighted by Crippen LogP contribution is -2.18. The third-order valence-corrected chi connectivity index (χ3v) is 4.97. The molecular formula is C17H17ClFN3S. The molecule has 3 nitrogen and oxygen atoms in total. The molecule has 3 rings (SSSR count). The van der Waals surface area contributed by atoms with Crippen molar-refractivity contribution >= 4 is 29.2 Å². The van der Waals surface area contributed by atoms with Crippen LogP contribution in [0.2, 0.25) is 5.02 Å². The molecule has 1 atom stereocenters. The molecule has 0 aliphatic carbocycles. The molecule has 1 aromatic heterocycles. The van der Waals surface area contributed by atoms with Gasteiger partial charge < -0.3 is 5.73 Å². The van der Waals surface area contributed by atoms with Crippen molar-refractivity contribution in [1.82, 2.24) is 4.98 Å². The van der Waals surface area contributed by atoms with Gasteiger partial charge in [0, 0.05) is 11.8 Å². The van der Waals surface area contributed by atoms with E-state index in [1.165, 1.54) is 6.20 Å². The number of aromatic nitrogens is 1. The van der Waals surface area contributed by atoms with Crippen LogP contribution < -0.4 is 5.73 Å². The molecule has 0 bridgehead atoms. The Morgan fingerprint density at radius 3 is 2.87 bits per heavy atom. The van der Waals surface area contributed by atoms with E-state index < -0.39 is 5.95 Å². The molecule has 0 amide bonds. The van der Waals surface area contributed by atoms with Gasteiger partial charge in [-0.15, -0.1) is 0 Å². The van der Waals surface area contributed by atoms with Crippen LogP contribution in [0.1, 0.15) is 12.0 Å². The maximum Gasteiger partial charge on any atom is 0.220 e. The Labute approximate surface area is 144 Å². The summed E-state index contributed by atoms with van der Waals surface area (Å²) in [5.41, 5.74) is 8.22. The summed E-state index contributed by atoms with van der Waals surface area (Å²) in [6, 6.07) is 9.60. The van der Waals surface area contributed by atoms with Crippen molar-refractivity contribution in [2.24, 2.45) is 10.7 Å². The van der Waals surface area contributed by atoms with E-state index in [0.29, 0.717) is 10.6 Å². The van der Waals surface area contributed by atoms with E-state index >= 15 is 0 Å². The second-order valence-corrected chi connectivity index (χ2v) is 7.05. The zero-order valence-corrected chi connectivity index (χ0v) is 14.1. The van der Waals surface area contributed by atoms with Gasteiger partial charge in [0.05, 0.1) is 16.8 Å². The van der Waals surface area contributed by atoms with Gasteiger partial charge in [-0.1, -0.05) is 35.9 Å². The van der Waals surface area contributed by atoms with Crippen molar-refractivity contribution in [1.29, 1.82) is 0 Å². The minimum absolute atomic E-state index is 0.223. The van der Waals surface area contributed by atoms with Crippen LogP contribution >= 0.6 is 23.4 Å². The van der Waals surface area contributed by atoms with Crippen LogP contribution in [-0.4, -0.2) is 28.4 Å². The molecular weight excluding hydrogens is 333 g/mol. The average Bonchev–Trinajstić information content (AvgIpc) is 2.74. The van der Waals surface area contributed by atoms with E-state index in [0.717, 1.165) is 41.3 Å². The summed E-state index contributed by atoms with van der Waals surface area (Å²) in [6.07, 6.45) is 3.18. The zero-order valence-electron chi connectivity index (χ0n) is 12.5. The Morgan fingerprint density at radius 2 is 2.09 bits per heavy atom. The maximum absolute atomic E-state index is 13.8. The van der Waals surface area contributed by atoms with E-state index in [4.69, 9.17) is 17.3 Å². The number of pyridine rings is 1. The number of nitrogens with two attached hydrogens (primary N) is 1. The van der Waals surface area contributed by atoms with E-state index in [1.54, 1.807) is 6.07 Å². The first-order valence-electron chi connectivity index (χ1n) is 7.42. The van der Waals surface area contributed by atoms with Gasteiger partial charge in [-0.3, -0.25) is 4.99 Å². The quantitative estimate of drug-likeness (QED) is 0.854. The number of hydrogen-bond acceptors (Lipinski definition) is 4. The minimum Gasteiger partial charge on any atom is -0.387 e. The fourth-order valence-corrected chi connectivity index (χ4v) is 3.62. The summed E-state index contributed by atoms with van der Waals surface area (Å²) in [5.74, 6) is 2.10. The number of halogens is 2. The lowest BCUT2D eigenvalue weighted by molar-refractivity contribution is 0.587. The van der Waals surface area contributed by atoms with Gasteiger partial charge in [0.15, 0.2) is 0 Å². The summed E-state index contributed by atoms with van der Waals surface area (Å²) in [6.45, 7) is 0. The van der Waals surface area contributed by atoms with Crippen LogP contribution in [-0.2, 0) is 6.42 Å². The molecule has 2 N–H and O–H groups in total. The average molecular weight is 350 g/mol. The molecule has 0 saturated heterocycles. The summed E-state index contributed by atoms with van der Waals surface area (Å²) >= 11 is 7.72. The molecule has 0 fully saturated rings.